The summed E-state index contributed by atoms with van der Waals surface area (Å²) in [5.41, 5.74) is -0.140. The van der Waals surface area contributed by atoms with Crippen molar-refractivity contribution in [2.45, 2.75) is 6.18 Å². The fraction of sp³-hybridized carbons (Fsp3) is 0.118. The van der Waals surface area contributed by atoms with E-state index in [2.05, 4.69) is 5.10 Å². The van der Waals surface area contributed by atoms with Gasteiger partial charge in [-0.05, 0) is 24.3 Å². The van der Waals surface area contributed by atoms with Crippen molar-refractivity contribution >= 4 is 34.6 Å². The molecular formula is C17H9Cl2F3N4. The van der Waals surface area contributed by atoms with Crippen molar-refractivity contribution in [3.05, 3.63) is 63.1 Å². The largest absolute Gasteiger partial charge is 0.416 e. The van der Waals surface area contributed by atoms with Crippen molar-refractivity contribution in [1.82, 2.24) is 0 Å². The molecule has 26 heavy (non-hydrogen) atoms. The lowest BCUT2D eigenvalue weighted by molar-refractivity contribution is -0.137. The number of hydrogen-bond donors (Lipinski definition) is 0. The van der Waals surface area contributed by atoms with Crippen molar-refractivity contribution in [2.75, 3.05) is 12.1 Å². The van der Waals surface area contributed by atoms with Gasteiger partial charge in [-0.25, -0.2) is 0 Å². The van der Waals surface area contributed by atoms with Crippen LogP contribution in [0.1, 0.15) is 16.7 Å². The van der Waals surface area contributed by atoms with Crippen LogP contribution in [0, 0.1) is 22.7 Å². The Bertz CT molecular complexity index is 915. The summed E-state index contributed by atoms with van der Waals surface area (Å²) >= 11 is 11.9. The maximum absolute atomic E-state index is 12.8. The molecule has 0 saturated carbocycles. The molecule has 132 valence electrons. The van der Waals surface area contributed by atoms with Gasteiger partial charge in [-0.2, -0.15) is 28.8 Å². The first kappa shape index (κ1) is 19.6. The molecule has 0 aliphatic carbocycles. The van der Waals surface area contributed by atoms with Crippen LogP contribution < -0.4 is 5.01 Å². The molecule has 0 atom stereocenters. The van der Waals surface area contributed by atoms with E-state index in [1.165, 1.54) is 31.3 Å². The number of alkyl halides is 3. The summed E-state index contributed by atoms with van der Waals surface area (Å²) in [5, 5.41) is 22.8. The van der Waals surface area contributed by atoms with Gasteiger partial charge in [0.25, 0.3) is 0 Å². The lowest BCUT2D eigenvalue weighted by Gasteiger charge is -2.19. The third-order valence-electron chi connectivity index (χ3n) is 3.31. The molecule has 0 aliphatic heterocycles. The molecule has 0 aliphatic rings. The number of anilines is 1. The quantitative estimate of drug-likeness (QED) is 0.525. The third-order valence-corrected chi connectivity index (χ3v) is 3.89. The molecule has 2 aromatic rings. The first-order valence-electron chi connectivity index (χ1n) is 6.96. The average molecular weight is 397 g/mol. The van der Waals surface area contributed by atoms with Gasteiger partial charge in [0.2, 0.25) is 0 Å². The highest BCUT2D eigenvalue weighted by molar-refractivity contribution is 6.39. The van der Waals surface area contributed by atoms with E-state index in [9.17, 15) is 18.4 Å². The second-order valence-electron chi connectivity index (χ2n) is 5.06. The highest BCUT2D eigenvalue weighted by Gasteiger charge is 2.32. The van der Waals surface area contributed by atoms with Gasteiger partial charge in [-0.3, -0.25) is 5.01 Å². The molecule has 9 heteroatoms. The van der Waals surface area contributed by atoms with Gasteiger partial charge in [0, 0.05) is 12.6 Å². The molecule has 0 heterocycles. The first-order chi connectivity index (χ1) is 12.2. The van der Waals surface area contributed by atoms with E-state index in [1.807, 2.05) is 12.1 Å². The van der Waals surface area contributed by atoms with Crippen LogP contribution in [0.4, 0.5) is 18.9 Å². The second kappa shape index (κ2) is 7.65. The van der Waals surface area contributed by atoms with E-state index in [4.69, 9.17) is 28.5 Å². The minimum atomic E-state index is -4.59. The summed E-state index contributed by atoms with van der Waals surface area (Å²) in [4.78, 5) is 0. The van der Waals surface area contributed by atoms with Crippen molar-refractivity contribution in [2.24, 2.45) is 5.10 Å². The van der Waals surface area contributed by atoms with Crippen molar-refractivity contribution in [3.63, 3.8) is 0 Å². The van der Waals surface area contributed by atoms with Crippen LogP contribution in [0.5, 0.6) is 0 Å². The predicted octanol–water partition coefficient (Wildman–Crippen LogP) is 5.25. The lowest BCUT2D eigenvalue weighted by Crippen LogP contribution is -2.15. The first-order valence-corrected chi connectivity index (χ1v) is 7.72. The van der Waals surface area contributed by atoms with Gasteiger partial charge in [0.1, 0.15) is 6.07 Å². The smallest absolute Gasteiger partial charge is 0.264 e. The molecule has 4 nitrogen and oxygen atoms in total. The highest BCUT2D eigenvalue weighted by atomic mass is 35.5. The molecule has 2 rings (SSSR count). The number of benzene rings is 2. The average Bonchev–Trinajstić information content (AvgIpc) is 2.58. The number of rotatable bonds is 3. The highest BCUT2D eigenvalue weighted by Crippen LogP contribution is 2.40. The van der Waals surface area contributed by atoms with E-state index in [0.717, 1.165) is 17.1 Å². The Kier molecular flexibility index (Phi) is 5.76. The zero-order valence-electron chi connectivity index (χ0n) is 13.1. The van der Waals surface area contributed by atoms with E-state index in [0.29, 0.717) is 11.1 Å². The van der Waals surface area contributed by atoms with E-state index in [1.54, 1.807) is 0 Å². The maximum Gasteiger partial charge on any atom is 0.416 e. The van der Waals surface area contributed by atoms with Crippen molar-refractivity contribution < 1.29 is 13.2 Å². The summed E-state index contributed by atoms with van der Waals surface area (Å²) in [5.74, 6) is 0. The molecule has 0 fully saturated rings. The Morgan fingerprint density at radius 3 is 2.04 bits per heavy atom. The van der Waals surface area contributed by atoms with Gasteiger partial charge in [0.05, 0.1) is 32.9 Å². The molecule has 0 radical (unpaired) electrons. The van der Waals surface area contributed by atoms with Crippen LogP contribution in [0.15, 0.2) is 41.5 Å². The fourth-order valence-electron chi connectivity index (χ4n) is 2.09. The van der Waals surface area contributed by atoms with Crippen LogP contribution in [0.2, 0.25) is 10.0 Å². The summed E-state index contributed by atoms with van der Waals surface area (Å²) in [6, 6.07) is 11.4. The van der Waals surface area contributed by atoms with Crippen LogP contribution in [0.3, 0.4) is 0 Å². The predicted molar refractivity (Wildman–Crippen MR) is 93.2 cm³/mol. The van der Waals surface area contributed by atoms with Crippen molar-refractivity contribution in [1.29, 1.82) is 10.5 Å². The number of hydrazone groups is 1. The number of halogens is 5. The zero-order valence-corrected chi connectivity index (χ0v) is 14.7. The number of hydrogen-bond acceptors (Lipinski definition) is 4. The van der Waals surface area contributed by atoms with Crippen LogP contribution in [0.25, 0.3) is 0 Å². The Labute approximate surface area is 157 Å². The zero-order chi connectivity index (χ0) is 19.5. The third kappa shape index (κ3) is 4.26. The maximum atomic E-state index is 12.8. The van der Waals surface area contributed by atoms with E-state index >= 15 is 0 Å². The Morgan fingerprint density at radius 2 is 1.62 bits per heavy atom. The molecule has 0 unspecified atom stereocenters. The SMILES string of the molecule is CN(/N=C(\C#N)c1ccc(C#N)cc1)c1c(Cl)cc(C(F)(F)F)cc1Cl. The van der Waals surface area contributed by atoms with Gasteiger partial charge in [0.15, 0.2) is 5.71 Å². The molecule has 0 aromatic heterocycles. The van der Waals surface area contributed by atoms with Crippen LogP contribution in [-0.2, 0) is 6.18 Å². The summed E-state index contributed by atoms with van der Waals surface area (Å²) < 4.78 is 38.4. The minimum Gasteiger partial charge on any atom is -0.264 e. The fourth-order valence-corrected chi connectivity index (χ4v) is 2.82. The molecule has 0 saturated heterocycles. The monoisotopic (exact) mass is 396 g/mol. The van der Waals surface area contributed by atoms with Crippen LogP contribution >= 0.6 is 23.2 Å². The molecular weight excluding hydrogens is 388 g/mol. The number of nitriles is 2. The Hall–Kier alpha value is -2.74. The second-order valence-corrected chi connectivity index (χ2v) is 5.87. The van der Waals surface area contributed by atoms with Gasteiger partial charge in [-0.1, -0.05) is 35.3 Å². The lowest BCUT2D eigenvalue weighted by atomic mass is 10.1. The Balaban J connectivity index is 2.44. The van der Waals surface area contributed by atoms with Crippen molar-refractivity contribution in [3.8, 4) is 12.1 Å². The van der Waals surface area contributed by atoms with Crippen LogP contribution in [-0.4, -0.2) is 12.8 Å². The summed E-state index contributed by atoms with van der Waals surface area (Å²) in [7, 11) is 1.40. The number of nitrogens with zero attached hydrogens (tertiary/aromatic N) is 4. The summed E-state index contributed by atoms with van der Waals surface area (Å²) in [6.45, 7) is 0. The molecule has 0 N–H and O–H groups in total. The van der Waals surface area contributed by atoms with E-state index in [-0.39, 0.29) is 21.4 Å². The minimum absolute atomic E-state index is 0.0241. The Morgan fingerprint density at radius 1 is 1.08 bits per heavy atom. The molecule has 2 aromatic carbocycles. The molecule has 0 amide bonds. The standard InChI is InChI=1S/C17H9Cl2F3N4/c1-26(16-13(18)6-12(7-14(16)19)17(20,21)22)25-15(9-24)11-4-2-10(8-23)3-5-11/h2-7H,1H3/b25-15+. The van der Waals surface area contributed by atoms with E-state index < -0.39 is 11.7 Å². The normalized spacial score (nSPS) is 11.6. The topological polar surface area (TPSA) is 63.2 Å². The van der Waals surface area contributed by atoms with Gasteiger partial charge >= 0.3 is 6.18 Å². The molecule has 0 bridgehead atoms. The van der Waals surface area contributed by atoms with Gasteiger partial charge in [-0.15, -0.1) is 0 Å². The summed E-state index contributed by atoms with van der Waals surface area (Å²) in [6.07, 6.45) is -4.59. The molecule has 0 spiro atoms. The van der Waals surface area contributed by atoms with Gasteiger partial charge < -0.3 is 0 Å².